The lowest BCUT2D eigenvalue weighted by Crippen LogP contribution is -2.39. The number of rotatable bonds is 6. The number of amides is 1. The molecule has 0 saturated carbocycles. The van der Waals surface area contributed by atoms with Crippen molar-refractivity contribution in [2.75, 3.05) is 20.1 Å². The minimum atomic E-state index is -4.55. The monoisotopic (exact) mass is 568 g/mol. The highest BCUT2D eigenvalue weighted by Gasteiger charge is 2.31. The molecule has 0 bridgehead atoms. The number of piperidine rings is 1. The van der Waals surface area contributed by atoms with Crippen LogP contribution in [0.25, 0.3) is 27.9 Å². The number of carbonyl (C=O) groups excluding carboxylic acids is 1. The Morgan fingerprint density at radius 2 is 2.05 bits per heavy atom. The molecule has 0 radical (unpaired) electrons. The van der Waals surface area contributed by atoms with E-state index >= 15 is 0 Å². The minimum Gasteiger partial charge on any atom is -0.342 e. The second-order valence-electron chi connectivity index (χ2n) is 9.82. The van der Waals surface area contributed by atoms with Crippen LogP contribution in [-0.2, 0) is 13.1 Å². The van der Waals surface area contributed by atoms with Crippen molar-refractivity contribution in [2.45, 2.75) is 31.9 Å². The van der Waals surface area contributed by atoms with Crippen LogP contribution in [0.15, 0.2) is 64.2 Å². The van der Waals surface area contributed by atoms with Gasteiger partial charge in [-0.25, -0.2) is 8.91 Å². The molecule has 6 rings (SSSR count). The normalized spacial score (nSPS) is 17.6. The number of benzene rings is 1. The number of hydrogen-bond donors (Lipinski definition) is 1. The summed E-state index contributed by atoms with van der Waals surface area (Å²) in [5, 5.41) is 11.1. The number of likely N-dealkylation sites (tertiary alicyclic amines) is 1. The van der Waals surface area contributed by atoms with Crippen molar-refractivity contribution in [3.63, 3.8) is 0 Å². The summed E-state index contributed by atoms with van der Waals surface area (Å²) in [4.78, 5) is 23.2. The van der Waals surface area contributed by atoms with Gasteiger partial charge in [-0.2, -0.15) is 23.3 Å². The average Bonchev–Trinajstić information content (AvgIpc) is 3.66. The average molecular weight is 569 g/mol. The predicted octanol–water partition coefficient (Wildman–Crippen LogP) is 4.58. The Bertz CT molecular complexity index is 1740. The van der Waals surface area contributed by atoms with Crippen LogP contribution >= 0.6 is 0 Å². The van der Waals surface area contributed by atoms with Crippen molar-refractivity contribution in [1.82, 2.24) is 34.5 Å². The Balaban J connectivity index is 1.29. The van der Waals surface area contributed by atoms with E-state index in [1.165, 1.54) is 12.1 Å². The molecule has 1 N–H and O–H groups in total. The van der Waals surface area contributed by atoms with Crippen LogP contribution in [0, 0.1) is 0 Å². The fourth-order valence-electron chi connectivity index (χ4n) is 4.84. The Hall–Kier alpha value is -4.59. The smallest absolute Gasteiger partial charge is 0.342 e. The van der Waals surface area contributed by atoms with E-state index in [1.807, 2.05) is 18.0 Å². The minimum absolute atomic E-state index is 0.00649. The molecule has 14 heteroatoms. The number of nitrogens with one attached hydrogen (secondary N) is 1. The zero-order valence-electron chi connectivity index (χ0n) is 21.8. The van der Waals surface area contributed by atoms with Crippen LogP contribution in [0.3, 0.4) is 0 Å². The van der Waals surface area contributed by atoms with Gasteiger partial charge >= 0.3 is 6.18 Å². The van der Waals surface area contributed by atoms with Gasteiger partial charge in [0.2, 0.25) is 11.7 Å². The van der Waals surface area contributed by atoms with E-state index in [1.54, 1.807) is 41.0 Å². The Morgan fingerprint density at radius 1 is 1.20 bits per heavy atom. The Morgan fingerprint density at radius 3 is 2.83 bits per heavy atom. The third-order valence-electron chi connectivity index (χ3n) is 6.81. The summed E-state index contributed by atoms with van der Waals surface area (Å²) in [6.45, 7) is -0.634. The molecular weight excluding hydrogens is 544 g/mol. The SMILES string of the molecule is CN1CCC(=Nc2cccc3c2cc(-c2noc(CNC(=O)c4cc5ccccn5n4)n2)n3CC(F)(F)F)[C@@H](F)C1. The van der Waals surface area contributed by atoms with Crippen LogP contribution in [-0.4, -0.2) is 73.3 Å². The molecule has 1 aliphatic heterocycles. The summed E-state index contributed by atoms with van der Waals surface area (Å²) in [7, 11) is 1.82. The van der Waals surface area contributed by atoms with E-state index in [-0.39, 0.29) is 41.7 Å². The molecule has 1 fully saturated rings. The summed E-state index contributed by atoms with van der Waals surface area (Å²) < 4.78 is 63.4. The number of nitrogens with zero attached hydrogens (tertiary/aromatic N) is 7. The maximum atomic E-state index is 14.7. The lowest BCUT2D eigenvalue weighted by Gasteiger charge is -2.26. The van der Waals surface area contributed by atoms with Gasteiger partial charge in [0, 0.05) is 31.1 Å². The van der Waals surface area contributed by atoms with Crippen molar-refractivity contribution in [3.05, 3.63) is 66.3 Å². The second kappa shape index (κ2) is 10.4. The summed E-state index contributed by atoms with van der Waals surface area (Å²) in [6.07, 6.45) is -3.69. The van der Waals surface area contributed by atoms with Crippen LogP contribution in [0.1, 0.15) is 22.8 Å². The molecule has 1 saturated heterocycles. The fraction of sp³-hybridized carbons (Fsp3) is 0.296. The number of fused-ring (bicyclic) bond motifs is 2. The van der Waals surface area contributed by atoms with Crippen molar-refractivity contribution < 1.29 is 26.9 Å². The van der Waals surface area contributed by atoms with E-state index in [2.05, 4.69) is 25.5 Å². The number of hydrogen-bond acceptors (Lipinski definition) is 7. The maximum absolute atomic E-state index is 14.7. The molecule has 0 spiro atoms. The van der Waals surface area contributed by atoms with Crippen LogP contribution in [0.5, 0.6) is 0 Å². The zero-order chi connectivity index (χ0) is 28.7. The van der Waals surface area contributed by atoms with Gasteiger partial charge < -0.3 is 19.3 Å². The molecule has 10 nitrogen and oxygen atoms in total. The number of halogens is 4. The maximum Gasteiger partial charge on any atom is 0.406 e. The number of alkyl halides is 4. The molecule has 1 atom stereocenters. The van der Waals surface area contributed by atoms with E-state index in [4.69, 9.17) is 4.52 Å². The van der Waals surface area contributed by atoms with Gasteiger partial charge in [-0.3, -0.25) is 9.79 Å². The van der Waals surface area contributed by atoms with Gasteiger partial charge in [0.05, 0.1) is 34.7 Å². The molecular formula is C27H24F4N8O2. The van der Waals surface area contributed by atoms with E-state index in [0.717, 1.165) is 10.1 Å². The van der Waals surface area contributed by atoms with Crippen molar-refractivity contribution in [3.8, 4) is 11.5 Å². The van der Waals surface area contributed by atoms with Crippen molar-refractivity contribution >= 4 is 33.7 Å². The van der Waals surface area contributed by atoms with Crippen LogP contribution < -0.4 is 5.32 Å². The second-order valence-corrected chi connectivity index (χ2v) is 9.82. The molecule has 5 aromatic rings. The molecule has 41 heavy (non-hydrogen) atoms. The standard InChI is InChI=1S/C27H24F4N8O2/c1-37-10-8-20(18(28)14-37)33-19-6-4-7-22-17(19)12-23(38(22)15-27(29,30)31)25-34-24(41-36-25)13-32-26(40)21-11-16-5-2-3-9-39(16)35-21/h2-7,9,11-12,18H,8,10,13-15H2,1H3,(H,32,40)/t18-/m0/s1. The highest BCUT2D eigenvalue weighted by Crippen LogP contribution is 2.35. The van der Waals surface area contributed by atoms with E-state index < -0.39 is 24.8 Å². The van der Waals surface area contributed by atoms with Gasteiger partial charge in [0.15, 0.2) is 11.9 Å². The summed E-state index contributed by atoms with van der Waals surface area (Å²) >= 11 is 0. The first-order valence-corrected chi connectivity index (χ1v) is 12.8. The predicted molar refractivity (Wildman–Crippen MR) is 142 cm³/mol. The first-order chi connectivity index (χ1) is 19.6. The summed E-state index contributed by atoms with van der Waals surface area (Å²) in [5.74, 6) is -0.583. The van der Waals surface area contributed by atoms with Gasteiger partial charge in [0.1, 0.15) is 6.54 Å². The van der Waals surface area contributed by atoms with Crippen molar-refractivity contribution in [1.29, 1.82) is 0 Å². The Kier molecular flexibility index (Phi) is 6.77. The molecule has 4 aromatic heterocycles. The number of carbonyl (C=O) groups is 1. The molecule has 1 aromatic carbocycles. The van der Waals surface area contributed by atoms with Crippen LogP contribution in [0.2, 0.25) is 0 Å². The molecule has 212 valence electrons. The number of pyridine rings is 1. The fourth-order valence-corrected chi connectivity index (χ4v) is 4.84. The summed E-state index contributed by atoms with van der Waals surface area (Å²) in [5.41, 5.74) is 1.91. The first kappa shape index (κ1) is 26.6. The quantitative estimate of drug-likeness (QED) is 0.301. The number of aromatic nitrogens is 5. The zero-order valence-corrected chi connectivity index (χ0v) is 21.8. The molecule has 0 aliphatic carbocycles. The third kappa shape index (κ3) is 5.55. The lowest BCUT2D eigenvalue weighted by molar-refractivity contribution is -0.139. The molecule has 1 aliphatic rings. The Labute approximate surface area is 230 Å². The third-order valence-corrected chi connectivity index (χ3v) is 6.81. The topological polar surface area (TPSA) is 106 Å². The van der Waals surface area contributed by atoms with Gasteiger partial charge in [-0.15, -0.1) is 0 Å². The highest BCUT2D eigenvalue weighted by molar-refractivity contribution is 5.99. The lowest BCUT2D eigenvalue weighted by atomic mass is 10.1. The van der Waals surface area contributed by atoms with Crippen molar-refractivity contribution in [2.24, 2.45) is 4.99 Å². The highest BCUT2D eigenvalue weighted by atomic mass is 19.4. The van der Waals surface area contributed by atoms with E-state index in [9.17, 15) is 22.4 Å². The van der Waals surface area contributed by atoms with Gasteiger partial charge in [-0.1, -0.05) is 17.3 Å². The van der Waals surface area contributed by atoms with E-state index in [0.29, 0.717) is 29.8 Å². The van der Waals surface area contributed by atoms with Crippen LogP contribution in [0.4, 0.5) is 23.2 Å². The largest absolute Gasteiger partial charge is 0.406 e. The van der Waals surface area contributed by atoms with Gasteiger partial charge in [0.25, 0.3) is 5.91 Å². The first-order valence-electron chi connectivity index (χ1n) is 12.8. The number of aliphatic imine (C=N–C) groups is 1. The van der Waals surface area contributed by atoms with Gasteiger partial charge in [-0.05, 0) is 43.4 Å². The molecule has 0 unspecified atom stereocenters. The molecule has 1 amide bonds. The summed E-state index contributed by atoms with van der Waals surface area (Å²) in [6, 6.07) is 13.3. The molecule has 5 heterocycles.